The highest BCUT2D eigenvalue weighted by atomic mass is 32.2. The minimum absolute atomic E-state index is 0.526. The van der Waals surface area contributed by atoms with Crippen LogP contribution in [0.1, 0.15) is 11.3 Å². The lowest BCUT2D eigenvalue weighted by atomic mass is 10.0. The van der Waals surface area contributed by atoms with E-state index >= 15 is 0 Å². The van der Waals surface area contributed by atoms with Crippen LogP contribution in [-0.2, 0) is 12.3 Å². The number of fused-ring (bicyclic) bond motifs is 1. The van der Waals surface area contributed by atoms with Gasteiger partial charge in [0.05, 0.1) is 24.0 Å². The molecular weight excluding hydrogens is 514 g/mol. The van der Waals surface area contributed by atoms with Gasteiger partial charge in [-0.05, 0) is 54.1 Å². The summed E-state index contributed by atoms with van der Waals surface area (Å²) in [5, 5.41) is 11.3. The van der Waals surface area contributed by atoms with Crippen molar-refractivity contribution in [3.05, 3.63) is 139 Å². The standard InChI is InChI=1S/C33H25N5OS/c1-2-11-25(12-3-1)31-21-29(28-15-4-5-16-30(28)34-31)32-35-36-33(38(32)22-27-14-9-19-39-27)40-23-24-10-8-13-26(20-24)37-17-6-7-18-37/h1-21H,22-23H2. The van der Waals surface area contributed by atoms with E-state index in [0.717, 1.165) is 55.9 Å². The van der Waals surface area contributed by atoms with E-state index in [1.807, 2.05) is 60.7 Å². The van der Waals surface area contributed by atoms with E-state index in [4.69, 9.17) is 14.5 Å². The smallest absolute Gasteiger partial charge is 0.192 e. The first kappa shape index (κ1) is 24.2. The monoisotopic (exact) mass is 539 g/mol. The van der Waals surface area contributed by atoms with Crippen LogP contribution < -0.4 is 0 Å². The number of pyridine rings is 1. The van der Waals surface area contributed by atoms with Crippen LogP contribution in [0.3, 0.4) is 0 Å². The Balaban J connectivity index is 1.30. The van der Waals surface area contributed by atoms with Crippen molar-refractivity contribution in [2.75, 3.05) is 0 Å². The lowest BCUT2D eigenvalue weighted by molar-refractivity contribution is 0.485. The zero-order valence-electron chi connectivity index (χ0n) is 21.6. The summed E-state index contributed by atoms with van der Waals surface area (Å²) in [5.41, 5.74) is 6.22. The molecule has 0 spiro atoms. The Labute approximate surface area is 236 Å². The molecule has 0 aliphatic heterocycles. The summed E-state index contributed by atoms with van der Waals surface area (Å²) in [6.07, 6.45) is 5.82. The molecule has 0 amide bonds. The van der Waals surface area contributed by atoms with Crippen molar-refractivity contribution in [1.82, 2.24) is 24.3 Å². The zero-order chi connectivity index (χ0) is 26.7. The van der Waals surface area contributed by atoms with Gasteiger partial charge in [0.1, 0.15) is 5.76 Å². The van der Waals surface area contributed by atoms with Crippen LogP contribution in [0.25, 0.3) is 39.2 Å². The van der Waals surface area contributed by atoms with Crippen LogP contribution in [0.2, 0.25) is 0 Å². The summed E-state index contributed by atoms with van der Waals surface area (Å²) >= 11 is 1.67. The van der Waals surface area contributed by atoms with E-state index in [1.165, 1.54) is 5.56 Å². The van der Waals surface area contributed by atoms with Crippen LogP contribution in [0.15, 0.2) is 137 Å². The summed E-state index contributed by atoms with van der Waals surface area (Å²) < 4.78 is 10.0. The van der Waals surface area contributed by atoms with Gasteiger partial charge < -0.3 is 8.98 Å². The van der Waals surface area contributed by atoms with Gasteiger partial charge in [-0.15, -0.1) is 10.2 Å². The molecule has 4 aromatic heterocycles. The fraction of sp³-hybridized carbons (Fsp3) is 0.0606. The molecular formula is C33H25N5OS. The maximum absolute atomic E-state index is 5.75. The number of aromatic nitrogens is 5. The van der Waals surface area contributed by atoms with E-state index in [2.05, 4.69) is 75.2 Å². The third kappa shape index (κ3) is 4.83. The van der Waals surface area contributed by atoms with E-state index in [-0.39, 0.29) is 0 Å². The Morgan fingerprint density at radius 2 is 1.60 bits per heavy atom. The number of hydrogen-bond acceptors (Lipinski definition) is 5. The molecule has 0 saturated carbocycles. The predicted octanol–water partition coefficient (Wildman–Crippen LogP) is 7.88. The Morgan fingerprint density at radius 1 is 0.750 bits per heavy atom. The van der Waals surface area contributed by atoms with Crippen molar-refractivity contribution in [1.29, 1.82) is 0 Å². The van der Waals surface area contributed by atoms with E-state index < -0.39 is 0 Å². The molecule has 6 nitrogen and oxygen atoms in total. The number of benzene rings is 3. The van der Waals surface area contributed by atoms with Gasteiger partial charge in [-0.1, -0.05) is 72.4 Å². The van der Waals surface area contributed by atoms with Gasteiger partial charge in [0.2, 0.25) is 0 Å². The molecule has 7 heteroatoms. The van der Waals surface area contributed by atoms with E-state index in [0.29, 0.717) is 6.54 Å². The highest BCUT2D eigenvalue weighted by molar-refractivity contribution is 7.98. The normalized spacial score (nSPS) is 11.3. The lowest BCUT2D eigenvalue weighted by Gasteiger charge is -2.13. The molecule has 7 rings (SSSR count). The molecule has 4 heterocycles. The number of nitrogens with zero attached hydrogens (tertiary/aromatic N) is 5. The molecule has 0 fully saturated rings. The van der Waals surface area contributed by atoms with E-state index in [1.54, 1.807) is 18.0 Å². The molecule has 0 aliphatic carbocycles. The Hall–Kier alpha value is -4.88. The minimum atomic E-state index is 0.526. The molecule has 0 N–H and O–H groups in total. The second-order valence-electron chi connectivity index (χ2n) is 9.46. The van der Waals surface area contributed by atoms with Crippen molar-refractivity contribution in [3.8, 4) is 28.3 Å². The fourth-order valence-electron chi connectivity index (χ4n) is 4.87. The van der Waals surface area contributed by atoms with Gasteiger partial charge >= 0.3 is 0 Å². The summed E-state index contributed by atoms with van der Waals surface area (Å²) in [6, 6.07) is 37.1. The molecule has 0 aliphatic rings. The first-order chi connectivity index (χ1) is 19.8. The van der Waals surface area contributed by atoms with Gasteiger partial charge in [0.15, 0.2) is 11.0 Å². The Kier molecular flexibility index (Phi) is 6.47. The maximum Gasteiger partial charge on any atom is 0.192 e. The van der Waals surface area contributed by atoms with Crippen LogP contribution in [0.5, 0.6) is 0 Å². The molecule has 7 aromatic rings. The van der Waals surface area contributed by atoms with Gasteiger partial charge in [0.25, 0.3) is 0 Å². The number of thioether (sulfide) groups is 1. The minimum Gasteiger partial charge on any atom is -0.467 e. The highest BCUT2D eigenvalue weighted by Crippen LogP contribution is 2.34. The average Bonchev–Trinajstić information content (AvgIpc) is 3.80. The molecule has 0 unspecified atom stereocenters. The van der Waals surface area contributed by atoms with Gasteiger partial charge in [-0.3, -0.25) is 4.57 Å². The first-order valence-corrected chi connectivity index (χ1v) is 14.1. The first-order valence-electron chi connectivity index (χ1n) is 13.1. The largest absolute Gasteiger partial charge is 0.467 e. The number of para-hydroxylation sites is 1. The summed E-state index contributed by atoms with van der Waals surface area (Å²) in [6.45, 7) is 0.526. The second-order valence-corrected chi connectivity index (χ2v) is 10.4. The SMILES string of the molecule is c1ccc(-c2cc(-c3nnc(SCc4cccc(-n5cccc5)c4)n3Cc3ccco3)c3ccccc3n2)cc1. The predicted molar refractivity (Wildman–Crippen MR) is 159 cm³/mol. The lowest BCUT2D eigenvalue weighted by Crippen LogP contribution is -2.04. The van der Waals surface area contributed by atoms with Gasteiger partial charge in [-0.2, -0.15) is 0 Å². The number of furan rings is 1. The van der Waals surface area contributed by atoms with Crippen molar-refractivity contribution in [2.45, 2.75) is 17.5 Å². The van der Waals surface area contributed by atoms with Crippen molar-refractivity contribution in [3.63, 3.8) is 0 Å². The Bertz CT molecular complexity index is 1880. The van der Waals surface area contributed by atoms with Crippen LogP contribution in [-0.4, -0.2) is 24.3 Å². The van der Waals surface area contributed by atoms with Crippen molar-refractivity contribution < 1.29 is 4.42 Å². The summed E-state index contributed by atoms with van der Waals surface area (Å²) in [7, 11) is 0. The van der Waals surface area contributed by atoms with Crippen molar-refractivity contribution in [2.24, 2.45) is 0 Å². The topological polar surface area (TPSA) is 61.7 Å². The summed E-state index contributed by atoms with van der Waals surface area (Å²) in [5.74, 6) is 2.40. The third-order valence-electron chi connectivity index (χ3n) is 6.82. The zero-order valence-corrected chi connectivity index (χ0v) is 22.4. The quantitative estimate of drug-likeness (QED) is 0.184. The molecule has 40 heavy (non-hydrogen) atoms. The molecule has 0 atom stereocenters. The average molecular weight is 540 g/mol. The van der Waals surface area contributed by atoms with E-state index in [9.17, 15) is 0 Å². The van der Waals surface area contributed by atoms with Crippen LogP contribution in [0, 0.1) is 0 Å². The number of rotatable bonds is 8. The molecule has 3 aromatic carbocycles. The van der Waals surface area contributed by atoms with Crippen LogP contribution in [0.4, 0.5) is 0 Å². The molecule has 0 bridgehead atoms. The number of hydrogen-bond donors (Lipinski definition) is 0. The Morgan fingerprint density at radius 3 is 2.45 bits per heavy atom. The van der Waals surface area contributed by atoms with Gasteiger partial charge in [-0.25, -0.2) is 4.98 Å². The molecule has 194 valence electrons. The fourth-order valence-corrected chi connectivity index (χ4v) is 5.75. The third-order valence-corrected chi connectivity index (χ3v) is 7.86. The van der Waals surface area contributed by atoms with Crippen LogP contribution >= 0.6 is 11.8 Å². The summed E-state index contributed by atoms with van der Waals surface area (Å²) in [4.78, 5) is 4.97. The second kappa shape index (κ2) is 10.7. The van der Waals surface area contributed by atoms with Gasteiger partial charge in [0, 0.05) is 40.3 Å². The molecule has 0 saturated heterocycles. The maximum atomic E-state index is 5.75. The van der Waals surface area contributed by atoms with Crippen molar-refractivity contribution >= 4 is 22.7 Å². The molecule has 0 radical (unpaired) electrons. The highest BCUT2D eigenvalue weighted by Gasteiger charge is 2.19.